The molecule has 2 aliphatic carbocycles. The molecule has 4 aliphatic heterocycles. The number of fused-ring (bicyclic) bond motifs is 8. The van der Waals surface area contributed by atoms with Crippen LogP contribution in [0.5, 0.6) is 11.5 Å². The Bertz CT molecular complexity index is 2890. The summed E-state index contributed by atoms with van der Waals surface area (Å²) in [5.41, 5.74) is 5.29. The Balaban J connectivity index is 0.000000137. The Morgan fingerprint density at radius 1 is 0.657 bits per heavy atom. The number of aromatic carboxylic acids is 1. The number of nitrogens with zero attached hydrogens (tertiary/aromatic N) is 5. The lowest BCUT2D eigenvalue weighted by molar-refractivity contribution is -0.0304. The Morgan fingerprint density at radius 3 is 1.51 bits per heavy atom. The molecule has 348 valence electrons. The number of hydrogen-bond donors (Lipinski definition) is 2. The highest BCUT2D eigenvalue weighted by molar-refractivity contribution is 5.97. The lowest BCUT2D eigenvalue weighted by Gasteiger charge is -2.32. The van der Waals surface area contributed by atoms with Gasteiger partial charge in [0.1, 0.15) is 46.1 Å². The van der Waals surface area contributed by atoms with Gasteiger partial charge in [0.25, 0.3) is 5.91 Å². The van der Waals surface area contributed by atoms with Gasteiger partial charge in [0.2, 0.25) is 10.9 Å². The number of aromatic nitrogens is 4. The zero-order valence-electron chi connectivity index (χ0n) is 37.9. The molecule has 1 amide bonds. The summed E-state index contributed by atoms with van der Waals surface area (Å²) in [5, 5.41) is 13.3. The van der Waals surface area contributed by atoms with E-state index >= 15 is 0 Å². The number of nitrogens with one attached hydrogen (secondary N) is 1. The van der Waals surface area contributed by atoms with E-state index in [-0.39, 0.29) is 52.3 Å². The number of rotatable bonds is 8. The summed E-state index contributed by atoms with van der Waals surface area (Å²) in [4.78, 5) is 61.3. The Kier molecular flexibility index (Phi) is 12.6. The van der Waals surface area contributed by atoms with Crippen LogP contribution in [0.15, 0.2) is 95.0 Å². The first-order valence-electron chi connectivity index (χ1n) is 23.7. The summed E-state index contributed by atoms with van der Waals surface area (Å²) in [7, 11) is 0. The number of hydrogen-bond acceptors (Lipinski definition) is 11. The molecule has 15 heteroatoms. The van der Waals surface area contributed by atoms with Gasteiger partial charge in [-0.15, -0.1) is 0 Å². The number of morpholine rings is 2. The van der Waals surface area contributed by atoms with Gasteiger partial charge in [-0.3, -0.25) is 14.4 Å². The van der Waals surface area contributed by atoms with E-state index in [1.54, 1.807) is 40.2 Å². The van der Waals surface area contributed by atoms with Gasteiger partial charge in [-0.25, -0.2) is 14.8 Å². The molecule has 2 N–H and O–H groups in total. The average molecular weight is 909 g/mol. The molecule has 4 fully saturated rings. The molecular weight excluding hydrogens is 853 g/mol. The number of carbonyl (C=O) groups is 2. The molecule has 67 heavy (non-hydrogen) atoms. The van der Waals surface area contributed by atoms with Crippen molar-refractivity contribution in [1.29, 1.82) is 0 Å². The molecule has 8 heterocycles. The number of ether oxygens (including phenoxy) is 4. The summed E-state index contributed by atoms with van der Waals surface area (Å²) >= 11 is 0. The largest absolute Gasteiger partial charge is 0.488 e. The number of aryl methyl sites for hydroxylation is 2. The molecule has 2 aromatic carbocycles. The van der Waals surface area contributed by atoms with Crippen molar-refractivity contribution in [3.8, 4) is 11.5 Å². The SMILES string of the molecule is C1CC2CNCC1O2.CCn1cc(C(=O)N2CC3CCC(C2)O3)c(=O)c2cc(OC3Cc4ccccc4C3)cnc21.CCn1cc(C(=O)O)c(=O)c2cc(OC3Cc4ccccc4C3)cnc21. The fraction of sp³-hybridized carbons (Fsp3) is 0.423. The zero-order chi connectivity index (χ0) is 46.2. The van der Waals surface area contributed by atoms with E-state index in [2.05, 4.69) is 39.6 Å². The minimum Gasteiger partial charge on any atom is -0.488 e. The topological polar surface area (TPSA) is 176 Å². The number of pyridine rings is 4. The molecule has 0 saturated carbocycles. The first-order valence-corrected chi connectivity index (χ1v) is 23.7. The Morgan fingerprint density at radius 2 is 1.07 bits per heavy atom. The number of carbonyl (C=O) groups excluding carboxylic acids is 1. The molecule has 4 unspecified atom stereocenters. The zero-order valence-corrected chi connectivity index (χ0v) is 37.9. The normalized spacial score (nSPS) is 21.6. The number of carboxylic acids is 1. The van der Waals surface area contributed by atoms with Crippen LogP contribution in [0.3, 0.4) is 0 Å². The van der Waals surface area contributed by atoms with Crippen molar-refractivity contribution in [3.05, 3.63) is 139 Å². The van der Waals surface area contributed by atoms with Crippen LogP contribution in [0.25, 0.3) is 22.1 Å². The molecule has 0 spiro atoms. The second-order valence-electron chi connectivity index (χ2n) is 18.3. The molecule has 12 rings (SSSR count). The second kappa shape index (κ2) is 19.1. The van der Waals surface area contributed by atoms with Gasteiger partial charge in [-0.2, -0.15) is 0 Å². The van der Waals surface area contributed by atoms with Crippen molar-refractivity contribution in [2.24, 2.45) is 0 Å². The second-order valence-corrected chi connectivity index (χ2v) is 18.3. The third-order valence-electron chi connectivity index (χ3n) is 13.8. The minimum absolute atomic E-state index is 0.0114. The quantitative estimate of drug-likeness (QED) is 0.189. The first kappa shape index (κ1) is 44.4. The van der Waals surface area contributed by atoms with Crippen LogP contribution in [-0.2, 0) is 48.2 Å². The third kappa shape index (κ3) is 9.32. The molecule has 4 aromatic heterocycles. The van der Waals surface area contributed by atoms with E-state index in [1.165, 1.54) is 41.3 Å². The number of amides is 1. The van der Waals surface area contributed by atoms with Crippen molar-refractivity contribution in [3.63, 3.8) is 0 Å². The predicted molar refractivity (Wildman–Crippen MR) is 251 cm³/mol. The fourth-order valence-corrected chi connectivity index (χ4v) is 10.5. The molecule has 0 radical (unpaired) electrons. The predicted octanol–water partition coefficient (Wildman–Crippen LogP) is 5.76. The van der Waals surface area contributed by atoms with E-state index in [9.17, 15) is 24.3 Å². The van der Waals surface area contributed by atoms with Crippen LogP contribution in [0.1, 0.15) is 82.5 Å². The van der Waals surface area contributed by atoms with Gasteiger partial charge in [-0.05, 0) is 73.9 Å². The van der Waals surface area contributed by atoms with Gasteiger partial charge in [0, 0.05) is 77.3 Å². The number of carboxylic acid groups (broad SMARTS) is 1. The summed E-state index contributed by atoms with van der Waals surface area (Å²) in [6.45, 7) is 8.23. The maximum atomic E-state index is 13.4. The standard InChI is InChI=1S/C26H27N3O4.C20H18N2O4.C6H11NO/c1-2-28-15-23(26(31)29-13-18-7-8-19(14-29)32-18)24(30)22-11-21(12-27-25(22)28)33-20-9-16-5-3-4-6-17(16)10-20;1-2-22-11-17(20(24)25)18(23)16-9-15(10-21-19(16)22)26-14-7-12-5-3-4-6-13(12)8-14;1-2-6-4-7-3-5(1)8-6/h3-6,11-12,15,18-20H,2,7-10,13-14H2,1H3;3-6,9-11,14H,2,7-8H2,1H3,(H,24,25);5-7H,1-4H2. The molecule has 4 saturated heterocycles. The highest BCUT2D eigenvalue weighted by Gasteiger charge is 2.37. The van der Waals surface area contributed by atoms with Crippen molar-refractivity contribution >= 4 is 33.9 Å². The van der Waals surface area contributed by atoms with Crippen molar-refractivity contribution in [1.82, 2.24) is 29.3 Å². The van der Waals surface area contributed by atoms with Crippen LogP contribution in [-0.4, -0.2) is 104 Å². The van der Waals surface area contributed by atoms with Crippen LogP contribution < -0.4 is 25.6 Å². The van der Waals surface area contributed by atoms with Crippen molar-refractivity contribution in [2.45, 2.75) is 115 Å². The van der Waals surface area contributed by atoms with E-state index in [4.69, 9.17) is 18.9 Å². The molecule has 6 aromatic rings. The Labute approximate surface area is 387 Å². The lowest BCUT2D eigenvalue weighted by atomic mass is 10.1. The maximum Gasteiger partial charge on any atom is 0.341 e. The van der Waals surface area contributed by atoms with Crippen LogP contribution in [0.2, 0.25) is 0 Å². The van der Waals surface area contributed by atoms with Crippen molar-refractivity contribution in [2.75, 3.05) is 26.2 Å². The molecule has 6 aliphatic rings. The van der Waals surface area contributed by atoms with Crippen LogP contribution in [0.4, 0.5) is 0 Å². The van der Waals surface area contributed by atoms with E-state index in [0.717, 1.165) is 51.6 Å². The fourth-order valence-electron chi connectivity index (χ4n) is 10.5. The van der Waals surface area contributed by atoms with Gasteiger partial charge in [0.15, 0.2) is 0 Å². The van der Waals surface area contributed by atoms with Gasteiger partial charge >= 0.3 is 5.97 Å². The molecule has 4 atom stereocenters. The summed E-state index contributed by atoms with van der Waals surface area (Å²) in [6.07, 6.45) is 15.3. The monoisotopic (exact) mass is 908 g/mol. The smallest absolute Gasteiger partial charge is 0.341 e. The highest BCUT2D eigenvalue weighted by Crippen LogP contribution is 2.30. The van der Waals surface area contributed by atoms with E-state index < -0.39 is 11.4 Å². The lowest BCUT2D eigenvalue weighted by Crippen LogP contribution is -2.47. The van der Waals surface area contributed by atoms with Crippen LogP contribution in [0, 0.1) is 0 Å². The average Bonchev–Trinajstić information content (AvgIpc) is 4.13. The summed E-state index contributed by atoms with van der Waals surface area (Å²) in [5.74, 6) is -0.412. The van der Waals surface area contributed by atoms with Gasteiger partial charge in [-0.1, -0.05) is 48.5 Å². The first-order chi connectivity index (χ1) is 32.6. The summed E-state index contributed by atoms with van der Waals surface area (Å²) < 4.78 is 27.2. The molecule has 15 nitrogen and oxygen atoms in total. The van der Waals surface area contributed by atoms with Crippen LogP contribution >= 0.6 is 0 Å². The minimum atomic E-state index is -1.24. The maximum absolute atomic E-state index is 13.4. The molecular formula is C52H56N6O9. The van der Waals surface area contributed by atoms with E-state index in [0.29, 0.717) is 66.6 Å². The highest BCUT2D eigenvalue weighted by atomic mass is 16.5. The third-order valence-corrected chi connectivity index (χ3v) is 13.8. The van der Waals surface area contributed by atoms with Gasteiger partial charge < -0.3 is 43.4 Å². The van der Waals surface area contributed by atoms with Gasteiger partial charge in [0.05, 0.1) is 47.6 Å². The summed E-state index contributed by atoms with van der Waals surface area (Å²) in [6, 6.07) is 19.9. The number of likely N-dealkylation sites (tertiary alicyclic amines) is 1. The molecule has 4 bridgehead atoms. The van der Waals surface area contributed by atoms with E-state index in [1.807, 2.05) is 42.7 Å². The number of benzene rings is 2. The van der Waals surface area contributed by atoms with Crippen molar-refractivity contribution < 1.29 is 33.6 Å². The Hall–Kier alpha value is -6.42.